The van der Waals surface area contributed by atoms with Crippen LogP contribution in [0.5, 0.6) is 5.75 Å². The number of amides is 1. The lowest BCUT2D eigenvalue weighted by Gasteiger charge is -2.21. The number of hydrogen-bond acceptors (Lipinski definition) is 3. The van der Waals surface area contributed by atoms with Gasteiger partial charge in [0.15, 0.2) is 0 Å². The van der Waals surface area contributed by atoms with Crippen molar-refractivity contribution in [2.75, 3.05) is 0 Å². The third-order valence-electron chi connectivity index (χ3n) is 3.80. The predicted octanol–water partition coefficient (Wildman–Crippen LogP) is 3.66. The Kier molecular flexibility index (Phi) is 5.74. The number of benzene rings is 2. The summed E-state index contributed by atoms with van der Waals surface area (Å²) in [7, 11) is 0. The van der Waals surface area contributed by atoms with Crippen LogP contribution >= 0.6 is 0 Å². The summed E-state index contributed by atoms with van der Waals surface area (Å²) in [4.78, 5) is 25.0. The normalized spacial score (nSPS) is 11.9. The molecule has 0 aromatic heterocycles. The molecule has 4 nitrogen and oxygen atoms in total. The Morgan fingerprint density at radius 1 is 1.00 bits per heavy atom. The molecule has 1 atom stereocenters. The molecule has 0 saturated heterocycles. The molecule has 0 fully saturated rings. The Hall–Kier alpha value is -2.62. The molecular formula is C20H23NO3. The van der Waals surface area contributed by atoms with Gasteiger partial charge < -0.3 is 10.1 Å². The van der Waals surface area contributed by atoms with Crippen LogP contribution in [0.1, 0.15) is 35.3 Å². The van der Waals surface area contributed by atoms with Crippen molar-refractivity contribution in [1.82, 2.24) is 5.32 Å². The molecule has 2 aromatic carbocycles. The van der Waals surface area contributed by atoms with E-state index in [2.05, 4.69) is 5.32 Å². The van der Waals surface area contributed by atoms with Crippen LogP contribution in [0.3, 0.4) is 0 Å². The maximum atomic E-state index is 12.5. The van der Waals surface area contributed by atoms with Crippen molar-refractivity contribution < 1.29 is 14.3 Å². The third-order valence-corrected chi connectivity index (χ3v) is 3.80. The maximum absolute atomic E-state index is 12.5. The smallest absolute Gasteiger partial charge is 0.334 e. The minimum absolute atomic E-state index is 0.0877. The van der Waals surface area contributed by atoms with Gasteiger partial charge in [0, 0.05) is 5.56 Å². The molecule has 2 aromatic rings. The molecule has 0 heterocycles. The topological polar surface area (TPSA) is 55.4 Å². The van der Waals surface area contributed by atoms with Gasteiger partial charge in [-0.3, -0.25) is 4.79 Å². The average molecular weight is 325 g/mol. The van der Waals surface area contributed by atoms with E-state index in [-0.39, 0.29) is 11.8 Å². The van der Waals surface area contributed by atoms with Gasteiger partial charge in [0.05, 0.1) is 0 Å². The second-order valence-electron chi connectivity index (χ2n) is 6.25. The highest BCUT2D eigenvalue weighted by Gasteiger charge is 2.27. The Labute approximate surface area is 142 Å². The van der Waals surface area contributed by atoms with Gasteiger partial charge in [0.2, 0.25) is 0 Å². The van der Waals surface area contributed by atoms with Gasteiger partial charge in [-0.15, -0.1) is 0 Å². The van der Waals surface area contributed by atoms with Crippen LogP contribution in [0.4, 0.5) is 0 Å². The van der Waals surface area contributed by atoms with E-state index in [1.807, 2.05) is 52.0 Å². The van der Waals surface area contributed by atoms with Crippen LogP contribution < -0.4 is 10.1 Å². The van der Waals surface area contributed by atoms with Crippen molar-refractivity contribution in [3.63, 3.8) is 0 Å². The molecule has 1 amide bonds. The lowest BCUT2D eigenvalue weighted by Crippen LogP contribution is -2.46. The number of esters is 1. The van der Waals surface area contributed by atoms with Crippen molar-refractivity contribution in [3.05, 3.63) is 65.2 Å². The highest BCUT2D eigenvalue weighted by Crippen LogP contribution is 2.15. The van der Waals surface area contributed by atoms with Gasteiger partial charge in [-0.05, 0) is 49.1 Å². The second kappa shape index (κ2) is 7.77. The highest BCUT2D eigenvalue weighted by molar-refractivity contribution is 5.98. The molecule has 1 N–H and O–H groups in total. The van der Waals surface area contributed by atoms with E-state index in [4.69, 9.17) is 4.74 Å². The minimum atomic E-state index is -0.711. The zero-order chi connectivity index (χ0) is 17.7. The summed E-state index contributed by atoms with van der Waals surface area (Å²) in [5, 5.41) is 2.79. The zero-order valence-electron chi connectivity index (χ0n) is 14.5. The molecule has 0 bridgehead atoms. The van der Waals surface area contributed by atoms with Crippen LogP contribution in [0.15, 0.2) is 48.5 Å². The number of rotatable bonds is 5. The second-order valence-corrected chi connectivity index (χ2v) is 6.25. The first-order valence-corrected chi connectivity index (χ1v) is 8.03. The van der Waals surface area contributed by atoms with Crippen molar-refractivity contribution >= 4 is 11.9 Å². The molecular weight excluding hydrogens is 302 g/mol. The lowest BCUT2D eigenvalue weighted by molar-refractivity contribution is -0.137. The molecule has 0 spiro atoms. The lowest BCUT2D eigenvalue weighted by atomic mass is 10.0. The summed E-state index contributed by atoms with van der Waals surface area (Å²) >= 11 is 0. The van der Waals surface area contributed by atoms with E-state index in [9.17, 15) is 9.59 Å². The number of carbonyl (C=O) groups is 2. The van der Waals surface area contributed by atoms with E-state index in [0.29, 0.717) is 11.3 Å². The van der Waals surface area contributed by atoms with Crippen molar-refractivity contribution in [2.45, 2.75) is 33.7 Å². The van der Waals surface area contributed by atoms with Gasteiger partial charge in [-0.1, -0.05) is 44.2 Å². The Bertz CT molecular complexity index is 737. The van der Waals surface area contributed by atoms with Crippen molar-refractivity contribution in [2.24, 2.45) is 5.92 Å². The van der Waals surface area contributed by atoms with Crippen molar-refractivity contribution in [1.29, 1.82) is 0 Å². The summed E-state index contributed by atoms with van der Waals surface area (Å²) in [5.41, 5.74) is 2.43. The standard InChI is InChI=1S/C20H23NO3/c1-13(2)18(20(23)24-16-10-7-8-14(3)12-16)21-19(22)17-11-6-5-9-15(17)4/h5-13,18H,1-4H3,(H,21,22). The van der Waals surface area contributed by atoms with E-state index in [0.717, 1.165) is 11.1 Å². The predicted molar refractivity (Wildman–Crippen MR) is 94.1 cm³/mol. The van der Waals surface area contributed by atoms with E-state index in [1.165, 1.54) is 0 Å². The monoisotopic (exact) mass is 325 g/mol. The fraction of sp³-hybridized carbons (Fsp3) is 0.300. The van der Waals surface area contributed by atoms with E-state index < -0.39 is 12.0 Å². The summed E-state index contributed by atoms with van der Waals surface area (Å²) in [6.07, 6.45) is 0. The summed E-state index contributed by atoms with van der Waals surface area (Å²) in [6, 6.07) is 13.8. The summed E-state index contributed by atoms with van der Waals surface area (Å²) in [6.45, 7) is 7.54. The van der Waals surface area contributed by atoms with Crippen LogP contribution in [0.25, 0.3) is 0 Å². The molecule has 2 rings (SSSR count). The van der Waals surface area contributed by atoms with Gasteiger partial charge >= 0.3 is 5.97 Å². The number of carbonyl (C=O) groups excluding carboxylic acids is 2. The maximum Gasteiger partial charge on any atom is 0.334 e. The largest absolute Gasteiger partial charge is 0.425 e. The average Bonchev–Trinajstić information content (AvgIpc) is 2.52. The van der Waals surface area contributed by atoms with Gasteiger partial charge in [0.1, 0.15) is 11.8 Å². The first kappa shape index (κ1) is 17.7. The van der Waals surface area contributed by atoms with E-state index >= 15 is 0 Å². The quantitative estimate of drug-likeness (QED) is 0.674. The molecule has 4 heteroatoms. The third kappa shape index (κ3) is 4.44. The van der Waals surface area contributed by atoms with Gasteiger partial charge in [-0.25, -0.2) is 4.79 Å². The molecule has 0 aliphatic carbocycles. The SMILES string of the molecule is Cc1cccc(OC(=O)C(NC(=O)c2ccccc2C)C(C)C)c1. The molecule has 0 aliphatic heterocycles. The van der Waals surface area contributed by atoms with Crippen LogP contribution in [-0.4, -0.2) is 17.9 Å². The molecule has 0 saturated carbocycles. The van der Waals surface area contributed by atoms with Crippen LogP contribution in [0.2, 0.25) is 0 Å². The van der Waals surface area contributed by atoms with Gasteiger partial charge in [-0.2, -0.15) is 0 Å². The van der Waals surface area contributed by atoms with Gasteiger partial charge in [0.25, 0.3) is 5.91 Å². The van der Waals surface area contributed by atoms with Crippen LogP contribution in [0, 0.1) is 19.8 Å². The van der Waals surface area contributed by atoms with E-state index in [1.54, 1.807) is 24.3 Å². The number of nitrogens with one attached hydrogen (secondary N) is 1. The summed E-state index contributed by atoms with van der Waals surface area (Å²) in [5.74, 6) is -0.336. The summed E-state index contributed by atoms with van der Waals surface area (Å²) < 4.78 is 5.43. The Balaban J connectivity index is 2.13. The Morgan fingerprint density at radius 3 is 2.33 bits per heavy atom. The number of ether oxygens (including phenoxy) is 1. The van der Waals surface area contributed by atoms with Crippen molar-refractivity contribution in [3.8, 4) is 5.75 Å². The first-order chi connectivity index (χ1) is 11.4. The minimum Gasteiger partial charge on any atom is -0.425 e. The first-order valence-electron chi connectivity index (χ1n) is 8.03. The zero-order valence-corrected chi connectivity index (χ0v) is 14.5. The fourth-order valence-corrected chi connectivity index (χ4v) is 2.40. The molecule has 126 valence electrons. The number of hydrogen-bond donors (Lipinski definition) is 1. The van der Waals surface area contributed by atoms with Crippen LogP contribution in [-0.2, 0) is 4.79 Å². The molecule has 0 aliphatic rings. The highest BCUT2D eigenvalue weighted by atomic mass is 16.5. The number of aryl methyl sites for hydroxylation is 2. The molecule has 1 unspecified atom stereocenters. The Morgan fingerprint density at radius 2 is 1.71 bits per heavy atom. The molecule has 24 heavy (non-hydrogen) atoms. The molecule has 0 radical (unpaired) electrons. The fourth-order valence-electron chi connectivity index (χ4n) is 2.40.